The summed E-state index contributed by atoms with van der Waals surface area (Å²) in [5.41, 5.74) is 2.86. The third-order valence-electron chi connectivity index (χ3n) is 4.56. The minimum atomic E-state index is -0.157. The van der Waals surface area contributed by atoms with Crippen molar-refractivity contribution in [2.24, 2.45) is 0 Å². The number of aryl methyl sites for hydroxylation is 2. The van der Waals surface area contributed by atoms with Crippen molar-refractivity contribution in [3.63, 3.8) is 0 Å². The third-order valence-corrected chi connectivity index (χ3v) is 6.61. The van der Waals surface area contributed by atoms with E-state index >= 15 is 0 Å². The van der Waals surface area contributed by atoms with Crippen molar-refractivity contribution in [3.8, 4) is 5.69 Å². The molecule has 0 saturated heterocycles. The van der Waals surface area contributed by atoms with Crippen molar-refractivity contribution in [1.82, 2.24) is 20.0 Å². The second-order valence-electron chi connectivity index (χ2n) is 7.23. The Morgan fingerprint density at radius 1 is 1.23 bits per heavy atom. The van der Waals surface area contributed by atoms with Gasteiger partial charge in [0.15, 0.2) is 4.34 Å². The molecule has 0 spiro atoms. The largest absolute Gasteiger partial charge is 0.310 e. The van der Waals surface area contributed by atoms with Gasteiger partial charge in [-0.1, -0.05) is 40.8 Å². The molecule has 30 heavy (non-hydrogen) atoms. The number of amides is 2. The number of rotatable bonds is 7. The van der Waals surface area contributed by atoms with Gasteiger partial charge in [-0.05, 0) is 38.8 Å². The van der Waals surface area contributed by atoms with E-state index in [-0.39, 0.29) is 23.6 Å². The first-order valence-corrected chi connectivity index (χ1v) is 11.4. The maximum absolute atomic E-state index is 12.5. The van der Waals surface area contributed by atoms with Crippen LogP contribution in [0.3, 0.4) is 0 Å². The highest BCUT2D eigenvalue weighted by Crippen LogP contribution is 2.35. The van der Waals surface area contributed by atoms with Crippen LogP contribution in [0, 0.1) is 13.8 Å². The molecule has 4 rings (SSSR count). The van der Waals surface area contributed by atoms with Crippen molar-refractivity contribution in [1.29, 1.82) is 0 Å². The van der Waals surface area contributed by atoms with Gasteiger partial charge in [0, 0.05) is 19.0 Å². The number of thioether (sulfide) groups is 1. The maximum Gasteiger partial charge on any atom is 0.235 e. The third kappa shape index (κ3) is 4.71. The highest BCUT2D eigenvalue weighted by atomic mass is 32.2. The first kappa shape index (κ1) is 20.5. The van der Waals surface area contributed by atoms with Gasteiger partial charge in [0.2, 0.25) is 16.9 Å². The highest BCUT2D eigenvalue weighted by molar-refractivity contribution is 8.01. The van der Waals surface area contributed by atoms with Crippen molar-refractivity contribution in [2.45, 2.75) is 44.0 Å². The van der Waals surface area contributed by atoms with Crippen LogP contribution < -0.4 is 10.2 Å². The molecule has 2 aromatic heterocycles. The van der Waals surface area contributed by atoms with Crippen LogP contribution in [0.1, 0.15) is 31.0 Å². The molecule has 1 aromatic carbocycles. The quantitative estimate of drug-likeness (QED) is 0.444. The lowest BCUT2D eigenvalue weighted by molar-refractivity contribution is -0.116. The monoisotopic (exact) mass is 442 g/mol. The van der Waals surface area contributed by atoms with E-state index in [2.05, 4.69) is 20.6 Å². The number of hydrogen-bond donors (Lipinski definition) is 1. The Hall–Kier alpha value is -2.72. The van der Waals surface area contributed by atoms with E-state index < -0.39 is 0 Å². The summed E-state index contributed by atoms with van der Waals surface area (Å²) < 4.78 is 2.39. The molecule has 3 aromatic rings. The molecule has 1 aliphatic rings. The second kappa shape index (κ2) is 8.57. The Morgan fingerprint density at radius 3 is 2.63 bits per heavy atom. The van der Waals surface area contributed by atoms with Gasteiger partial charge in [0.1, 0.15) is 5.82 Å². The van der Waals surface area contributed by atoms with Crippen LogP contribution >= 0.6 is 23.1 Å². The molecule has 1 saturated carbocycles. The van der Waals surface area contributed by atoms with Crippen LogP contribution in [0.4, 0.5) is 10.9 Å². The predicted molar refractivity (Wildman–Crippen MR) is 118 cm³/mol. The van der Waals surface area contributed by atoms with Crippen LogP contribution in [0.15, 0.2) is 34.7 Å². The summed E-state index contributed by atoms with van der Waals surface area (Å²) in [5.74, 6) is 0.630. The second-order valence-corrected chi connectivity index (χ2v) is 9.40. The molecule has 2 heterocycles. The molecular weight excluding hydrogens is 420 g/mol. The minimum Gasteiger partial charge on any atom is -0.310 e. The summed E-state index contributed by atoms with van der Waals surface area (Å²) in [6.07, 6.45) is 2.00. The van der Waals surface area contributed by atoms with Gasteiger partial charge >= 0.3 is 0 Å². The molecule has 0 unspecified atom stereocenters. The summed E-state index contributed by atoms with van der Waals surface area (Å²) in [6, 6.07) is 10.0. The average molecular weight is 443 g/mol. The number of nitrogens with one attached hydrogen (secondary N) is 1. The SMILES string of the molecule is CC(=O)N(c1nnc(SCC(=O)Nc2cc(C)nn2-c2ccc(C)cc2)s1)C1CC1. The molecule has 10 heteroatoms. The molecule has 156 valence electrons. The summed E-state index contributed by atoms with van der Waals surface area (Å²) in [4.78, 5) is 26.1. The van der Waals surface area contributed by atoms with Crippen molar-refractivity contribution >= 4 is 45.9 Å². The lowest BCUT2D eigenvalue weighted by Gasteiger charge is -2.15. The molecule has 0 aliphatic heterocycles. The lowest BCUT2D eigenvalue weighted by atomic mass is 10.2. The van der Waals surface area contributed by atoms with Crippen molar-refractivity contribution in [2.75, 3.05) is 16.0 Å². The van der Waals surface area contributed by atoms with Gasteiger partial charge in [-0.15, -0.1) is 10.2 Å². The average Bonchev–Trinajstić information content (AvgIpc) is 3.30. The molecule has 1 fully saturated rings. The molecule has 0 bridgehead atoms. The van der Waals surface area contributed by atoms with Crippen LogP contribution in [0.2, 0.25) is 0 Å². The standard InChI is InChI=1S/C20H22N6O2S2/c1-12-4-6-16(7-5-12)26-17(10-13(2)24-26)21-18(28)11-29-20-23-22-19(30-20)25(14(3)27)15-8-9-15/h4-7,10,15H,8-9,11H2,1-3H3,(H,21,28). The zero-order chi connectivity index (χ0) is 21.3. The highest BCUT2D eigenvalue weighted by Gasteiger charge is 2.34. The Labute approximate surface area is 182 Å². The summed E-state index contributed by atoms with van der Waals surface area (Å²) in [6.45, 7) is 5.45. The van der Waals surface area contributed by atoms with E-state index in [0.29, 0.717) is 15.3 Å². The Kier molecular flexibility index (Phi) is 5.87. The zero-order valence-corrected chi connectivity index (χ0v) is 18.6. The van der Waals surface area contributed by atoms with Gasteiger partial charge in [-0.2, -0.15) is 5.10 Å². The van der Waals surface area contributed by atoms with Gasteiger partial charge in [0.05, 0.1) is 17.1 Å². The van der Waals surface area contributed by atoms with E-state index in [1.165, 1.54) is 23.1 Å². The molecule has 0 atom stereocenters. The normalized spacial score (nSPS) is 13.3. The van der Waals surface area contributed by atoms with E-state index in [1.54, 1.807) is 16.5 Å². The summed E-state index contributed by atoms with van der Waals surface area (Å²) in [7, 11) is 0. The van der Waals surface area contributed by atoms with E-state index in [0.717, 1.165) is 29.8 Å². The van der Waals surface area contributed by atoms with Gasteiger partial charge in [-0.3, -0.25) is 14.5 Å². The fraction of sp³-hybridized carbons (Fsp3) is 0.350. The van der Waals surface area contributed by atoms with Crippen LogP contribution in [0.25, 0.3) is 5.69 Å². The zero-order valence-electron chi connectivity index (χ0n) is 17.0. The number of aromatic nitrogens is 4. The Balaban J connectivity index is 1.39. The Morgan fingerprint density at radius 2 is 1.97 bits per heavy atom. The number of anilines is 2. The summed E-state index contributed by atoms with van der Waals surface area (Å²) >= 11 is 2.65. The van der Waals surface area contributed by atoms with Crippen molar-refractivity contribution in [3.05, 3.63) is 41.6 Å². The fourth-order valence-electron chi connectivity index (χ4n) is 3.02. The van der Waals surface area contributed by atoms with Gasteiger partial charge in [-0.25, -0.2) is 4.68 Å². The van der Waals surface area contributed by atoms with Crippen molar-refractivity contribution < 1.29 is 9.59 Å². The number of carbonyl (C=O) groups excluding carboxylic acids is 2. The number of carbonyl (C=O) groups is 2. The number of hydrogen-bond acceptors (Lipinski definition) is 7. The van der Waals surface area contributed by atoms with E-state index in [9.17, 15) is 9.59 Å². The molecule has 2 amide bonds. The maximum atomic E-state index is 12.5. The van der Waals surface area contributed by atoms with E-state index in [4.69, 9.17) is 0 Å². The van der Waals surface area contributed by atoms with Gasteiger partial charge < -0.3 is 5.32 Å². The molecule has 1 aliphatic carbocycles. The fourth-order valence-corrected chi connectivity index (χ4v) is 4.77. The number of nitrogens with zero attached hydrogens (tertiary/aromatic N) is 5. The van der Waals surface area contributed by atoms with E-state index in [1.807, 2.05) is 44.2 Å². The number of benzene rings is 1. The topological polar surface area (TPSA) is 93.0 Å². The Bertz CT molecular complexity index is 1070. The first-order chi connectivity index (χ1) is 14.4. The van der Waals surface area contributed by atoms with Crippen LogP contribution in [-0.4, -0.2) is 43.6 Å². The first-order valence-electron chi connectivity index (χ1n) is 9.60. The molecule has 0 radical (unpaired) electrons. The van der Waals surface area contributed by atoms with Crippen LogP contribution in [0.5, 0.6) is 0 Å². The smallest absolute Gasteiger partial charge is 0.235 e. The lowest BCUT2D eigenvalue weighted by Crippen LogP contribution is -2.30. The minimum absolute atomic E-state index is 0.0253. The van der Waals surface area contributed by atoms with Gasteiger partial charge in [0.25, 0.3) is 0 Å². The summed E-state index contributed by atoms with van der Waals surface area (Å²) in [5, 5.41) is 16.3. The molecule has 1 N–H and O–H groups in total. The predicted octanol–water partition coefficient (Wildman–Crippen LogP) is 3.59. The molecular formula is C20H22N6O2S2. The van der Waals surface area contributed by atoms with Crippen LogP contribution in [-0.2, 0) is 9.59 Å². The molecule has 8 nitrogen and oxygen atoms in total.